The van der Waals surface area contributed by atoms with Crippen molar-refractivity contribution in [3.8, 4) is 5.75 Å². The summed E-state index contributed by atoms with van der Waals surface area (Å²) < 4.78 is 5.98. The molecule has 1 N–H and O–H groups in total. The monoisotopic (exact) mass is 374 g/mol. The topological polar surface area (TPSA) is 51.2 Å². The van der Waals surface area contributed by atoms with Crippen LogP contribution in [0, 0.1) is 6.92 Å². The van der Waals surface area contributed by atoms with Crippen molar-refractivity contribution in [2.45, 2.75) is 39.8 Å². The molecule has 0 aliphatic carbocycles. The van der Waals surface area contributed by atoms with E-state index in [0.29, 0.717) is 23.6 Å². The van der Waals surface area contributed by atoms with E-state index in [4.69, 9.17) is 4.74 Å². The number of hydrogen-bond acceptors (Lipinski definition) is 4. The van der Waals surface area contributed by atoms with Crippen LogP contribution in [0.1, 0.15) is 47.3 Å². The largest absolute Gasteiger partial charge is 0.489 e. The Balaban J connectivity index is 1.85. The van der Waals surface area contributed by atoms with Crippen molar-refractivity contribution in [2.24, 2.45) is 0 Å². The van der Waals surface area contributed by atoms with Crippen molar-refractivity contribution in [1.82, 2.24) is 4.98 Å². The van der Waals surface area contributed by atoms with Crippen molar-refractivity contribution in [3.05, 3.63) is 89.1 Å². The number of ketones is 1. The minimum absolute atomic E-state index is 0.0541. The van der Waals surface area contributed by atoms with Crippen molar-refractivity contribution in [2.75, 3.05) is 5.32 Å². The quantitative estimate of drug-likeness (QED) is 0.536. The van der Waals surface area contributed by atoms with Crippen LogP contribution in [0.25, 0.3) is 0 Å². The molecule has 0 radical (unpaired) electrons. The lowest BCUT2D eigenvalue weighted by Gasteiger charge is -2.16. The fraction of sp³-hybridized carbons (Fsp3) is 0.250. The van der Waals surface area contributed by atoms with Crippen LogP contribution in [0.5, 0.6) is 5.75 Å². The highest BCUT2D eigenvalue weighted by molar-refractivity contribution is 6.12. The summed E-state index contributed by atoms with van der Waals surface area (Å²) >= 11 is 0. The first-order valence-electron chi connectivity index (χ1n) is 9.62. The van der Waals surface area contributed by atoms with Crippen LogP contribution in [0.15, 0.2) is 66.9 Å². The van der Waals surface area contributed by atoms with E-state index in [1.54, 1.807) is 12.3 Å². The van der Waals surface area contributed by atoms with E-state index < -0.39 is 0 Å². The molecule has 0 saturated heterocycles. The molecule has 144 valence electrons. The molecule has 3 rings (SSSR count). The maximum absolute atomic E-state index is 13.2. The van der Waals surface area contributed by atoms with E-state index in [1.807, 2.05) is 61.5 Å². The second kappa shape index (κ2) is 9.18. The number of pyridine rings is 1. The number of carbonyl (C=O) groups is 1. The first-order chi connectivity index (χ1) is 13.6. The third-order valence-corrected chi connectivity index (χ3v) is 4.81. The normalized spacial score (nSPS) is 11.7. The second-order valence-electron chi connectivity index (χ2n) is 6.89. The standard InChI is InChI=1S/C24H26N2O2/c1-4-17(2)26-24-21(13-9-15-25-24)23(27)20-12-8-14-22(18(20)3)28-16-19-10-6-5-7-11-19/h5-15,17H,4,16H2,1-3H3,(H,25,26). The molecule has 0 fully saturated rings. The van der Waals surface area contributed by atoms with Gasteiger partial charge in [-0.15, -0.1) is 0 Å². The molecule has 0 aliphatic heterocycles. The molecule has 0 aliphatic rings. The van der Waals surface area contributed by atoms with Crippen LogP contribution in [0.2, 0.25) is 0 Å². The Morgan fingerprint density at radius 1 is 1.04 bits per heavy atom. The minimum Gasteiger partial charge on any atom is -0.489 e. The predicted molar refractivity (Wildman–Crippen MR) is 113 cm³/mol. The van der Waals surface area contributed by atoms with Gasteiger partial charge in [0.2, 0.25) is 0 Å². The first-order valence-corrected chi connectivity index (χ1v) is 9.62. The average Bonchev–Trinajstić information content (AvgIpc) is 2.73. The number of rotatable bonds is 8. The first kappa shape index (κ1) is 19.6. The van der Waals surface area contributed by atoms with Crippen molar-refractivity contribution in [1.29, 1.82) is 0 Å². The van der Waals surface area contributed by atoms with Gasteiger partial charge in [-0.05, 0) is 44.0 Å². The van der Waals surface area contributed by atoms with Gasteiger partial charge in [0.25, 0.3) is 0 Å². The number of nitrogens with zero attached hydrogens (tertiary/aromatic N) is 1. The van der Waals surface area contributed by atoms with Gasteiger partial charge < -0.3 is 10.1 Å². The summed E-state index contributed by atoms with van der Waals surface area (Å²) in [6, 6.07) is 19.4. The summed E-state index contributed by atoms with van der Waals surface area (Å²) in [6.07, 6.45) is 2.65. The molecule has 4 nitrogen and oxygen atoms in total. The van der Waals surface area contributed by atoms with Crippen LogP contribution in [-0.4, -0.2) is 16.8 Å². The smallest absolute Gasteiger partial charge is 0.197 e. The van der Waals surface area contributed by atoms with Crippen LogP contribution < -0.4 is 10.1 Å². The average molecular weight is 374 g/mol. The summed E-state index contributed by atoms with van der Waals surface area (Å²) in [5.74, 6) is 1.29. The highest BCUT2D eigenvalue weighted by atomic mass is 16.5. The molecular formula is C24H26N2O2. The van der Waals surface area contributed by atoms with Crippen LogP contribution in [0.4, 0.5) is 5.82 Å². The van der Waals surface area contributed by atoms with Crippen LogP contribution >= 0.6 is 0 Å². The molecule has 1 unspecified atom stereocenters. The zero-order valence-corrected chi connectivity index (χ0v) is 16.6. The van der Waals surface area contributed by atoms with Crippen LogP contribution in [-0.2, 0) is 6.61 Å². The SMILES string of the molecule is CCC(C)Nc1ncccc1C(=O)c1cccc(OCc2ccccc2)c1C. The van der Waals surface area contributed by atoms with Gasteiger partial charge in [-0.2, -0.15) is 0 Å². The van der Waals surface area contributed by atoms with Crippen molar-refractivity contribution < 1.29 is 9.53 Å². The fourth-order valence-corrected chi connectivity index (χ4v) is 2.94. The third-order valence-electron chi connectivity index (χ3n) is 4.81. The van der Waals surface area contributed by atoms with Crippen molar-refractivity contribution >= 4 is 11.6 Å². The van der Waals surface area contributed by atoms with Gasteiger partial charge in [0.05, 0.1) is 5.56 Å². The molecule has 1 aromatic heterocycles. The maximum Gasteiger partial charge on any atom is 0.197 e. The fourth-order valence-electron chi connectivity index (χ4n) is 2.94. The Labute approximate surface area is 166 Å². The van der Waals surface area contributed by atoms with E-state index in [-0.39, 0.29) is 11.8 Å². The van der Waals surface area contributed by atoms with E-state index in [0.717, 1.165) is 23.3 Å². The van der Waals surface area contributed by atoms with Gasteiger partial charge in [0, 0.05) is 23.4 Å². The number of nitrogens with one attached hydrogen (secondary N) is 1. The number of benzene rings is 2. The molecule has 2 aromatic carbocycles. The maximum atomic E-state index is 13.2. The number of aromatic nitrogens is 1. The lowest BCUT2D eigenvalue weighted by Crippen LogP contribution is -2.18. The minimum atomic E-state index is -0.0541. The Kier molecular flexibility index (Phi) is 6.43. The Hall–Kier alpha value is -3.14. The molecule has 0 bridgehead atoms. The molecule has 1 heterocycles. The Morgan fingerprint density at radius 3 is 2.54 bits per heavy atom. The van der Waals surface area contributed by atoms with E-state index in [2.05, 4.69) is 24.1 Å². The zero-order chi connectivity index (χ0) is 19.9. The van der Waals surface area contributed by atoms with Crippen molar-refractivity contribution in [3.63, 3.8) is 0 Å². The molecule has 3 aromatic rings. The third kappa shape index (κ3) is 4.58. The van der Waals surface area contributed by atoms with E-state index in [9.17, 15) is 4.79 Å². The van der Waals surface area contributed by atoms with E-state index in [1.165, 1.54) is 0 Å². The zero-order valence-electron chi connectivity index (χ0n) is 16.6. The molecule has 4 heteroatoms. The highest BCUT2D eigenvalue weighted by Crippen LogP contribution is 2.26. The Morgan fingerprint density at radius 2 is 1.79 bits per heavy atom. The summed E-state index contributed by atoms with van der Waals surface area (Å²) in [4.78, 5) is 17.6. The van der Waals surface area contributed by atoms with Gasteiger partial charge in [-0.25, -0.2) is 4.98 Å². The van der Waals surface area contributed by atoms with Gasteiger partial charge >= 0.3 is 0 Å². The second-order valence-corrected chi connectivity index (χ2v) is 6.89. The molecule has 0 saturated carbocycles. The van der Waals surface area contributed by atoms with E-state index >= 15 is 0 Å². The summed E-state index contributed by atoms with van der Waals surface area (Å²) in [5.41, 5.74) is 3.13. The number of hydrogen-bond donors (Lipinski definition) is 1. The molecule has 1 atom stereocenters. The predicted octanol–water partition coefficient (Wildman–Crippen LogP) is 5.41. The van der Waals surface area contributed by atoms with Gasteiger partial charge in [0.15, 0.2) is 5.78 Å². The van der Waals surface area contributed by atoms with Gasteiger partial charge in [0.1, 0.15) is 18.2 Å². The summed E-state index contributed by atoms with van der Waals surface area (Å²) in [6.45, 7) is 6.56. The van der Waals surface area contributed by atoms with Gasteiger partial charge in [-0.1, -0.05) is 49.4 Å². The number of carbonyl (C=O) groups excluding carboxylic acids is 1. The molecular weight excluding hydrogens is 348 g/mol. The molecule has 0 amide bonds. The molecule has 28 heavy (non-hydrogen) atoms. The van der Waals surface area contributed by atoms with Gasteiger partial charge in [-0.3, -0.25) is 4.79 Å². The molecule has 0 spiro atoms. The van der Waals surface area contributed by atoms with Crippen LogP contribution in [0.3, 0.4) is 0 Å². The Bertz CT molecular complexity index is 938. The summed E-state index contributed by atoms with van der Waals surface area (Å²) in [5, 5.41) is 3.33. The highest BCUT2D eigenvalue weighted by Gasteiger charge is 2.19. The summed E-state index contributed by atoms with van der Waals surface area (Å²) in [7, 11) is 0. The lowest BCUT2D eigenvalue weighted by molar-refractivity contribution is 0.103. The lowest BCUT2D eigenvalue weighted by atomic mass is 9.98. The number of anilines is 1. The number of ether oxygens (including phenoxy) is 1.